The summed E-state index contributed by atoms with van der Waals surface area (Å²) in [6.45, 7) is 8.95. The number of hydrogen-bond acceptors (Lipinski definition) is 4. The molecular formula is C20H31N3O. The van der Waals surface area contributed by atoms with Crippen molar-refractivity contribution in [3.05, 3.63) is 59.9 Å². The number of ether oxygens (including phenoxy) is 1. The highest BCUT2D eigenvalue weighted by atomic mass is 16.5. The Balaban J connectivity index is 0.00000312. The zero-order chi connectivity index (χ0) is 17.4. The van der Waals surface area contributed by atoms with Gasteiger partial charge in [-0.05, 0) is 41.6 Å². The Bertz CT molecular complexity index is 614. The van der Waals surface area contributed by atoms with Crippen LogP contribution in [0.25, 0.3) is 0 Å². The third-order valence-electron chi connectivity index (χ3n) is 3.91. The van der Waals surface area contributed by atoms with E-state index in [1.165, 1.54) is 11.1 Å². The topological polar surface area (TPSA) is 60.2 Å². The van der Waals surface area contributed by atoms with Gasteiger partial charge in [-0.2, -0.15) is 0 Å². The lowest BCUT2D eigenvalue weighted by atomic mass is 9.86. The molecule has 24 heavy (non-hydrogen) atoms. The summed E-state index contributed by atoms with van der Waals surface area (Å²) in [5.41, 5.74) is 8.95. The largest absolute Gasteiger partial charge is 0.490 e. The average Bonchev–Trinajstić information content (AvgIpc) is 2.57. The molecule has 0 fully saturated rings. The minimum Gasteiger partial charge on any atom is -0.490 e. The molecular weight excluding hydrogens is 298 g/mol. The zero-order valence-corrected chi connectivity index (χ0v) is 15.0. The second-order valence-electron chi connectivity index (χ2n) is 7.18. The Labute approximate surface area is 146 Å². The fraction of sp³-hybridized carbons (Fsp3) is 0.450. The SMILES string of the molecule is CC(C)(C)c1cccc(CNCC[C@@H](N)COc2cccnc2)c1.[HH]. The first-order chi connectivity index (χ1) is 11.4. The smallest absolute Gasteiger partial charge is 0.137 e. The van der Waals surface area contributed by atoms with Crippen LogP contribution >= 0.6 is 0 Å². The highest BCUT2D eigenvalue weighted by Gasteiger charge is 2.13. The molecule has 132 valence electrons. The van der Waals surface area contributed by atoms with Gasteiger partial charge in [0.25, 0.3) is 0 Å². The van der Waals surface area contributed by atoms with Crippen molar-refractivity contribution >= 4 is 0 Å². The summed E-state index contributed by atoms with van der Waals surface area (Å²) < 4.78 is 5.62. The quantitative estimate of drug-likeness (QED) is 0.728. The second-order valence-corrected chi connectivity index (χ2v) is 7.18. The maximum absolute atomic E-state index is 6.10. The molecule has 0 spiro atoms. The van der Waals surface area contributed by atoms with Crippen molar-refractivity contribution in [3.8, 4) is 5.75 Å². The van der Waals surface area contributed by atoms with Crippen LogP contribution in [0, 0.1) is 0 Å². The maximum Gasteiger partial charge on any atom is 0.137 e. The minimum atomic E-state index is 0. The summed E-state index contributed by atoms with van der Waals surface area (Å²) >= 11 is 0. The van der Waals surface area contributed by atoms with Crippen LogP contribution < -0.4 is 15.8 Å². The number of rotatable bonds is 8. The van der Waals surface area contributed by atoms with Gasteiger partial charge < -0.3 is 15.8 Å². The van der Waals surface area contributed by atoms with Gasteiger partial charge in [-0.25, -0.2) is 0 Å². The summed E-state index contributed by atoms with van der Waals surface area (Å²) in [6.07, 6.45) is 4.30. The van der Waals surface area contributed by atoms with Crippen molar-refractivity contribution in [3.63, 3.8) is 0 Å². The van der Waals surface area contributed by atoms with Gasteiger partial charge >= 0.3 is 0 Å². The molecule has 0 amide bonds. The van der Waals surface area contributed by atoms with Crippen LogP contribution in [0.1, 0.15) is 39.7 Å². The van der Waals surface area contributed by atoms with E-state index in [-0.39, 0.29) is 12.9 Å². The first-order valence-corrected chi connectivity index (χ1v) is 8.54. The van der Waals surface area contributed by atoms with E-state index in [0.29, 0.717) is 6.61 Å². The number of hydrogen-bond donors (Lipinski definition) is 2. The fourth-order valence-corrected chi connectivity index (χ4v) is 2.39. The predicted octanol–water partition coefficient (Wildman–Crippen LogP) is 3.51. The van der Waals surface area contributed by atoms with Crippen molar-refractivity contribution in [1.29, 1.82) is 0 Å². The lowest BCUT2D eigenvalue weighted by Crippen LogP contribution is -2.31. The molecule has 0 radical (unpaired) electrons. The monoisotopic (exact) mass is 329 g/mol. The fourth-order valence-electron chi connectivity index (χ4n) is 2.39. The van der Waals surface area contributed by atoms with Crippen LogP contribution in [0.5, 0.6) is 5.75 Å². The lowest BCUT2D eigenvalue weighted by Gasteiger charge is -2.20. The highest BCUT2D eigenvalue weighted by Crippen LogP contribution is 2.22. The van der Waals surface area contributed by atoms with E-state index >= 15 is 0 Å². The third-order valence-corrected chi connectivity index (χ3v) is 3.91. The van der Waals surface area contributed by atoms with Gasteiger partial charge in [-0.3, -0.25) is 4.98 Å². The molecule has 0 aliphatic rings. The predicted molar refractivity (Wildman–Crippen MR) is 101 cm³/mol. The molecule has 0 saturated heterocycles. The first-order valence-electron chi connectivity index (χ1n) is 8.54. The van der Waals surface area contributed by atoms with Gasteiger partial charge in [0.2, 0.25) is 0 Å². The molecule has 0 bridgehead atoms. The summed E-state index contributed by atoms with van der Waals surface area (Å²) in [5.74, 6) is 0.764. The van der Waals surface area contributed by atoms with Crippen molar-refractivity contribution in [2.45, 2.75) is 45.2 Å². The lowest BCUT2D eigenvalue weighted by molar-refractivity contribution is 0.280. The number of nitrogens with zero attached hydrogens (tertiary/aromatic N) is 1. The van der Waals surface area contributed by atoms with Gasteiger partial charge in [-0.15, -0.1) is 0 Å². The van der Waals surface area contributed by atoms with Crippen LogP contribution in [-0.2, 0) is 12.0 Å². The third kappa shape index (κ3) is 6.30. The van der Waals surface area contributed by atoms with E-state index in [0.717, 1.165) is 25.3 Å². The second kappa shape index (κ2) is 8.81. The van der Waals surface area contributed by atoms with Gasteiger partial charge in [0.15, 0.2) is 0 Å². The van der Waals surface area contributed by atoms with Gasteiger partial charge in [-0.1, -0.05) is 45.0 Å². The van der Waals surface area contributed by atoms with E-state index in [1.807, 2.05) is 12.1 Å². The maximum atomic E-state index is 6.10. The van der Waals surface area contributed by atoms with Crippen molar-refractivity contribution < 1.29 is 6.16 Å². The molecule has 1 aromatic heterocycles. The Morgan fingerprint density at radius 3 is 2.79 bits per heavy atom. The molecule has 4 heteroatoms. The Hall–Kier alpha value is -1.91. The molecule has 0 aliphatic carbocycles. The van der Waals surface area contributed by atoms with Crippen molar-refractivity contribution in [2.24, 2.45) is 5.73 Å². The zero-order valence-electron chi connectivity index (χ0n) is 15.0. The van der Waals surface area contributed by atoms with Crippen LogP contribution in [0.2, 0.25) is 0 Å². The van der Waals surface area contributed by atoms with Crippen LogP contribution in [0.4, 0.5) is 0 Å². The summed E-state index contributed by atoms with van der Waals surface area (Å²) in [7, 11) is 0. The molecule has 0 saturated carbocycles. The molecule has 1 atom stereocenters. The Kier molecular flexibility index (Phi) is 6.76. The molecule has 1 heterocycles. The van der Waals surface area contributed by atoms with Crippen molar-refractivity contribution in [2.75, 3.05) is 13.2 Å². The van der Waals surface area contributed by atoms with Gasteiger partial charge in [0, 0.05) is 20.2 Å². The molecule has 4 nitrogen and oxygen atoms in total. The van der Waals surface area contributed by atoms with E-state index in [2.05, 4.69) is 55.3 Å². The number of pyridine rings is 1. The van der Waals surface area contributed by atoms with E-state index in [4.69, 9.17) is 10.5 Å². The van der Waals surface area contributed by atoms with Crippen molar-refractivity contribution in [1.82, 2.24) is 10.3 Å². The van der Waals surface area contributed by atoms with E-state index < -0.39 is 0 Å². The molecule has 0 unspecified atom stereocenters. The molecule has 3 N–H and O–H groups in total. The summed E-state index contributed by atoms with van der Waals surface area (Å²) in [5, 5.41) is 3.46. The average molecular weight is 329 g/mol. The normalized spacial score (nSPS) is 12.8. The summed E-state index contributed by atoms with van der Waals surface area (Å²) in [6, 6.07) is 12.5. The van der Waals surface area contributed by atoms with Crippen LogP contribution in [0.3, 0.4) is 0 Å². The number of aromatic nitrogens is 1. The molecule has 2 aromatic rings. The Morgan fingerprint density at radius 2 is 2.08 bits per heavy atom. The number of nitrogens with two attached hydrogens (primary N) is 1. The number of nitrogens with one attached hydrogen (secondary N) is 1. The van der Waals surface area contributed by atoms with E-state index in [1.54, 1.807) is 12.4 Å². The summed E-state index contributed by atoms with van der Waals surface area (Å²) in [4.78, 5) is 4.02. The first kappa shape index (κ1) is 18.4. The highest BCUT2D eigenvalue weighted by molar-refractivity contribution is 5.28. The molecule has 0 aliphatic heterocycles. The van der Waals surface area contributed by atoms with Gasteiger partial charge in [0.1, 0.15) is 12.4 Å². The minimum absolute atomic E-state index is 0. The van der Waals surface area contributed by atoms with E-state index in [9.17, 15) is 0 Å². The standard InChI is InChI=1S/C20H29N3O.H2/c1-20(2,3)17-7-4-6-16(12-17)13-23-11-9-18(21)15-24-19-8-5-10-22-14-19;/h4-8,10,12,14,18,23H,9,11,13,15,21H2,1-3H3;1H/t18-;/m1./s1. The van der Waals surface area contributed by atoms with Gasteiger partial charge in [0.05, 0.1) is 6.20 Å². The molecule has 1 aromatic carbocycles. The number of benzene rings is 1. The van der Waals surface area contributed by atoms with Crippen LogP contribution in [0.15, 0.2) is 48.8 Å². The van der Waals surface area contributed by atoms with Crippen LogP contribution in [-0.4, -0.2) is 24.2 Å². The Morgan fingerprint density at radius 1 is 1.25 bits per heavy atom. The molecule has 2 rings (SSSR count).